The van der Waals surface area contributed by atoms with Crippen LogP contribution in [0.25, 0.3) is 0 Å². The van der Waals surface area contributed by atoms with Crippen LogP contribution in [0.15, 0.2) is 18.2 Å². The molecule has 0 radical (unpaired) electrons. The predicted molar refractivity (Wildman–Crippen MR) is 79.1 cm³/mol. The number of carbonyl (C=O) groups excluding carboxylic acids is 1. The van der Waals surface area contributed by atoms with Gasteiger partial charge in [-0.1, -0.05) is 19.1 Å². The van der Waals surface area contributed by atoms with Gasteiger partial charge in [0.15, 0.2) is 0 Å². The summed E-state index contributed by atoms with van der Waals surface area (Å²) in [6, 6.07) is 5.58. The fraction of sp³-hybridized carbons (Fsp3) is 0.562. The highest BCUT2D eigenvalue weighted by atomic mass is 16.3. The number of phenols is 1. The monoisotopic (exact) mass is 274 g/mol. The Morgan fingerprint density at radius 3 is 2.95 bits per heavy atom. The van der Waals surface area contributed by atoms with Crippen LogP contribution in [0.2, 0.25) is 0 Å². The maximum atomic E-state index is 12.8. The molecule has 3 rings (SSSR count). The van der Waals surface area contributed by atoms with E-state index in [1.165, 1.54) is 6.42 Å². The highest BCUT2D eigenvalue weighted by Gasteiger charge is 2.30. The molecule has 1 N–H and O–H groups in total. The zero-order chi connectivity index (χ0) is 14.1. The predicted octanol–water partition coefficient (Wildman–Crippen LogP) is 3.00. The van der Waals surface area contributed by atoms with Gasteiger partial charge < -0.3 is 10.0 Å². The number of para-hydroxylation sites is 1. The summed E-state index contributed by atoms with van der Waals surface area (Å²) in [7, 11) is 0. The van der Waals surface area contributed by atoms with Gasteiger partial charge in [-0.05, 0) is 43.2 Å². The fourth-order valence-electron chi connectivity index (χ4n) is 3.36. The Morgan fingerprint density at radius 2 is 2.15 bits per heavy atom. The van der Waals surface area contributed by atoms with Gasteiger partial charge in [0, 0.05) is 19.6 Å². The van der Waals surface area contributed by atoms with Crippen molar-refractivity contribution in [2.24, 2.45) is 5.92 Å². The van der Waals surface area contributed by atoms with E-state index >= 15 is 0 Å². The number of urea groups is 1. The van der Waals surface area contributed by atoms with E-state index in [9.17, 15) is 9.90 Å². The van der Waals surface area contributed by atoms with E-state index in [4.69, 9.17) is 0 Å². The average molecular weight is 274 g/mol. The van der Waals surface area contributed by atoms with Gasteiger partial charge in [-0.3, -0.25) is 4.90 Å². The van der Waals surface area contributed by atoms with Crippen molar-refractivity contribution in [1.82, 2.24) is 4.90 Å². The number of piperidine rings is 1. The molecule has 1 fully saturated rings. The summed E-state index contributed by atoms with van der Waals surface area (Å²) in [4.78, 5) is 16.5. The van der Waals surface area contributed by atoms with E-state index in [0.717, 1.165) is 43.6 Å². The summed E-state index contributed by atoms with van der Waals surface area (Å²) >= 11 is 0. The molecule has 20 heavy (non-hydrogen) atoms. The van der Waals surface area contributed by atoms with E-state index in [2.05, 4.69) is 6.92 Å². The Hall–Kier alpha value is -1.71. The highest BCUT2D eigenvalue weighted by Crippen LogP contribution is 2.36. The van der Waals surface area contributed by atoms with Crippen molar-refractivity contribution in [3.8, 4) is 5.75 Å². The Balaban J connectivity index is 1.86. The van der Waals surface area contributed by atoms with Crippen LogP contribution in [0.3, 0.4) is 0 Å². The molecule has 0 saturated carbocycles. The van der Waals surface area contributed by atoms with Gasteiger partial charge in [-0.25, -0.2) is 4.79 Å². The van der Waals surface area contributed by atoms with Crippen LogP contribution in [0.1, 0.15) is 31.7 Å². The molecule has 2 aliphatic rings. The van der Waals surface area contributed by atoms with Crippen molar-refractivity contribution in [2.75, 3.05) is 24.5 Å². The quantitative estimate of drug-likeness (QED) is 0.790. The van der Waals surface area contributed by atoms with Crippen LogP contribution < -0.4 is 4.90 Å². The number of anilines is 1. The number of fused-ring (bicyclic) bond motifs is 1. The van der Waals surface area contributed by atoms with E-state index in [1.807, 2.05) is 17.0 Å². The van der Waals surface area contributed by atoms with Crippen LogP contribution in [-0.2, 0) is 6.42 Å². The highest BCUT2D eigenvalue weighted by molar-refractivity contribution is 5.95. The van der Waals surface area contributed by atoms with Crippen LogP contribution in [-0.4, -0.2) is 35.7 Å². The van der Waals surface area contributed by atoms with Gasteiger partial charge >= 0.3 is 6.03 Å². The maximum absolute atomic E-state index is 12.8. The Bertz CT molecular complexity index is 515. The molecule has 1 saturated heterocycles. The van der Waals surface area contributed by atoms with Crippen LogP contribution in [0, 0.1) is 5.92 Å². The topological polar surface area (TPSA) is 43.8 Å². The third-order valence-electron chi connectivity index (χ3n) is 4.35. The number of carbonyl (C=O) groups is 1. The third-order valence-corrected chi connectivity index (χ3v) is 4.35. The number of aryl methyl sites for hydroxylation is 1. The second-order valence-corrected chi connectivity index (χ2v) is 6.02. The minimum atomic E-state index is 0.0546. The zero-order valence-electron chi connectivity index (χ0n) is 12.0. The second kappa shape index (κ2) is 5.35. The first-order valence-electron chi connectivity index (χ1n) is 7.54. The number of rotatable bonds is 0. The molecule has 1 atom stereocenters. The molecule has 0 aliphatic carbocycles. The lowest BCUT2D eigenvalue weighted by molar-refractivity contribution is 0.175. The van der Waals surface area contributed by atoms with E-state index in [-0.39, 0.29) is 11.8 Å². The smallest absolute Gasteiger partial charge is 0.324 e. The molecular weight excluding hydrogens is 252 g/mol. The third kappa shape index (κ3) is 2.35. The molecule has 0 aromatic heterocycles. The molecule has 0 spiro atoms. The number of hydrogen-bond acceptors (Lipinski definition) is 2. The number of likely N-dealkylation sites (tertiary alicyclic amines) is 1. The molecule has 0 bridgehead atoms. The van der Waals surface area contributed by atoms with Crippen molar-refractivity contribution < 1.29 is 9.90 Å². The molecule has 1 unspecified atom stereocenters. The summed E-state index contributed by atoms with van der Waals surface area (Å²) in [6.07, 6.45) is 4.18. The SMILES string of the molecule is CC1CCCN(C(=O)N2CCCc3cccc(O)c32)C1. The number of hydrogen-bond donors (Lipinski definition) is 1. The summed E-state index contributed by atoms with van der Waals surface area (Å²) < 4.78 is 0. The average Bonchev–Trinajstić information content (AvgIpc) is 2.46. The molecule has 4 nitrogen and oxygen atoms in total. The van der Waals surface area contributed by atoms with E-state index in [0.29, 0.717) is 12.5 Å². The lowest BCUT2D eigenvalue weighted by Gasteiger charge is -2.37. The van der Waals surface area contributed by atoms with Gasteiger partial charge in [0.1, 0.15) is 5.75 Å². The first-order valence-corrected chi connectivity index (χ1v) is 7.54. The molecule has 1 aromatic rings. The second-order valence-electron chi connectivity index (χ2n) is 6.02. The number of nitrogens with zero attached hydrogens (tertiary/aromatic N) is 2. The maximum Gasteiger partial charge on any atom is 0.324 e. The molecule has 2 heterocycles. The first kappa shape index (κ1) is 13.3. The lowest BCUT2D eigenvalue weighted by atomic mass is 9.99. The summed E-state index contributed by atoms with van der Waals surface area (Å²) in [5, 5.41) is 10.1. The van der Waals surface area contributed by atoms with Gasteiger partial charge in [-0.2, -0.15) is 0 Å². The number of amides is 2. The Kier molecular flexibility index (Phi) is 3.55. The molecule has 2 aliphatic heterocycles. The molecule has 1 aromatic carbocycles. The lowest BCUT2D eigenvalue weighted by Crippen LogP contribution is -2.48. The normalized spacial score (nSPS) is 22.6. The molecule has 4 heteroatoms. The Morgan fingerprint density at radius 1 is 1.30 bits per heavy atom. The largest absolute Gasteiger partial charge is 0.506 e. The number of benzene rings is 1. The Labute approximate surface area is 120 Å². The van der Waals surface area contributed by atoms with Crippen LogP contribution in [0.5, 0.6) is 5.75 Å². The minimum Gasteiger partial charge on any atom is -0.506 e. The van der Waals surface area contributed by atoms with Crippen LogP contribution >= 0.6 is 0 Å². The van der Waals surface area contributed by atoms with Crippen molar-refractivity contribution in [3.63, 3.8) is 0 Å². The summed E-state index contributed by atoms with van der Waals surface area (Å²) in [5.74, 6) is 0.793. The van der Waals surface area contributed by atoms with Gasteiger partial charge in [-0.15, -0.1) is 0 Å². The number of phenolic OH excluding ortho intramolecular Hbond substituents is 1. The zero-order valence-corrected chi connectivity index (χ0v) is 12.0. The van der Waals surface area contributed by atoms with Crippen molar-refractivity contribution >= 4 is 11.7 Å². The van der Waals surface area contributed by atoms with Crippen molar-refractivity contribution in [2.45, 2.75) is 32.6 Å². The van der Waals surface area contributed by atoms with E-state index < -0.39 is 0 Å². The minimum absolute atomic E-state index is 0.0546. The summed E-state index contributed by atoms with van der Waals surface area (Å²) in [5.41, 5.74) is 1.80. The van der Waals surface area contributed by atoms with E-state index in [1.54, 1.807) is 11.0 Å². The van der Waals surface area contributed by atoms with Crippen molar-refractivity contribution in [3.05, 3.63) is 23.8 Å². The molecular formula is C16H22N2O2. The van der Waals surface area contributed by atoms with Gasteiger partial charge in [0.2, 0.25) is 0 Å². The van der Waals surface area contributed by atoms with Crippen LogP contribution in [0.4, 0.5) is 10.5 Å². The summed E-state index contributed by atoms with van der Waals surface area (Å²) in [6.45, 7) is 4.57. The standard InChI is InChI=1S/C16H22N2O2/c1-12-5-3-9-17(11-12)16(20)18-10-4-7-13-6-2-8-14(19)15(13)18/h2,6,8,12,19H,3-5,7,9-11H2,1H3. The van der Waals surface area contributed by atoms with Gasteiger partial charge in [0.25, 0.3) is 0 Å². The molecule has 2 amide bonds. The van der Waals surface area contributed by atoms with Gasteiger partial charge in [0.05, 0.1) is 5.69 Å². The molecule has 108 valence electrons. The first-order chi connectivity index (χ1) is 9.66. The fourth-order valence-corrected chi connectivity index (χ4v) is 3.36. The number of aromatic hydroxyl groups is 1. The van der Waals surface area contributed by atoms with Crippen molar-refractivity contribution in [1.29, 1.82) is 0 Å².